The van der Waals surface area contributed by atoms with E-state index in [9.17, 15) is 0 Å². The van der Waals surface area contributed by atoms with E-state index in [1.54, 1.807) is 12.1 Å². The summed E-state index contributed by atoms with van der Waals surface area (Å²) in [6.45, 7) is 15.6. The van der Waals surface area contributed by atoms with Crippen LogP contribution in [0.15, 0.2) is 53.0 Å². The van der Waals surface area contributed by atoms with Crippen LogP contribution in [0.2, 0.25) is 0 Å². The quantitative estimate of drug-likeness (QED) is 0.610. The number of halogens is 1. The Morgan fingerprint density at radius 1 is 0.656 bits per heavy atom. The molecule has 0 atom stereocenters. The summed E-state index contributed by atoms with van der Waals surface area (Å²) < 4.78 is 1.15. The van der Waals surface area contributed by atoms with E-state index >= 15 is 0 Å². The molecule has 0 spiro atoms. The van der Waals surface area contributed by atoms with Crippen molar-refractivity contribution < 1.29 is 10.0 Å². The molecular formula is C24H36BBrN4O2. The second-order valence-corrected chi connectivity index (χ2v) is 9.20. The van der Waals surface area contributed by atoms with E-state index in [2.05, 4.69) is 73.6 Å². The van der Waals surface area contributed by atoms with E-state index in [-0.39, 0.29) is 0 Å². The van der Waals surface area contributed by atoms with Crippen molar-refractivity contribution in [3.63, 3.8) is 0 Å². The van der Waals surface area contributed by atoms with Gasteiger partial charge in [-0.05, 0) is 55.0 Å². The Balaban J connectivity index is 0.000000182. The van der Waals surface area contributed by atoms with Gasteiger partial charge in [0.2, 0.25) is 0 Å². The van der Waals surface area contributed by atoms with Gasteiger partial charge in [0.15, 0.2) is 0 Å². The average molecular weight is 503 g/mol. The minimum absolute atomic E-state index is 0.543. The number of anilines is 2. The molecule has 2 saturated heterocycles. The molecule has 0 aromatic heterocycles. The lowest BCUT2D eigenvalue weighted by Crippen LogP contribution is -2.46. The molecule has 32 heavy (non-hydrogen) atoms. The molecule has 6 nitrogen and oxygen atoms in total. The van der Waals surface area contributed by atoms with Crippen LogP contribution in [0.4, 0.5) is 11.4 Å². The number of hydrogen-bond donors (Lipinski definition) is 2. The maximum absolute atomic E-state index is 9.03. The van der Waals surface area contributed by atoms with Gasteiger partial charge in [-0.2, -0.15) is 0 Å². The van der Waals surface area contributed by atoms with Crippen LogP contribution in [0.5, 0.6) is 0 Å². The van der Waals surface area contributed by atoms with Gasteiger partial charge in [-0.1, -0.05) is 41.9 Å². The van der Waals surface area contributed by atoms with Crippen LogP contribution in [-0.4, -0.2) is 92.4 Å². The molecule has 2 N–H and O–H groups in total. The summed E-state index contributed by atoms with van der Waals surface area (Å²) in [5, 5.41) is 18.1. The van der Waals surface area contributed by atoms with E-state index < -0.39 is 7.12 Å². The van der Waals surface area contributed by atoms with Gasteiger partial charge in [0, 0.05) is 68.2 Å². The highest BCUT2D eigenvalue weighted by molar-refractivity contribution is 9.10. The Labute approximate surface area is 201 Å². The molecule has 2 aliphatic heterocycles. The van der Waals surface area contributed by atoms with E-state index in [1.165, 1.54) is 25.3 Å². The lowest BCUT2D eigenvalue weighted by molar-refractivity contribution is 0.271. The third-order valence-electron chi connectivity index (χ3n) is 6.39. The molecule has 2 fully saturated rings. The predicted octanol–water partition coefficient (Wildman–Crippen LogP) is 2.10. The first kappa shape index (κ1) is 25.1. The third kappa shape index (κ3) is 7.22. The number of piperazine rings is 2. The fraction of sp³-hybridized carbons (Fsp3) is 0.500. The molecule has 0 amide bonds. The van der Waals surface area contributed by atoms with Crippen molar-refractivity contribution in [3.05, 3.63) is 53.0 Å². The summed E-state index contributed by atoms with van der Waals surface area (Å²) >= 11 is 3.46. The maximum Gasteiger partial charge on any atom is 0.488 e. The van der Waals surface area contributed by atoms with Gasteiger partial charge in [-0.15, -0.1) is 0 Å². The fourth-order valence-corrected chi connectivity index (χ4v) is 4.42. The van der Waals surface area contributed by atoms with Crippen molar-refractivity contribution in [2.24, 2.45) is 0 Å². The predicted molar refractivity (Wildman–Crippen MR) is 139 cm³/mol. The van der Waals surface area contributed by atoms with Crippen molar-refractivity contribution in [2.45, 2.75) is 13.8 Å². The van der Waals surface area contributed by atoms with Crippen LogP contribution in [0.25, 0.3) is 0 Å². The molecule has 2 aliphatic rings. The average Bonchev–Trinajstić information content (AvgIpc) is 2.85. The van der Waals surface area contributed by atoms with Crippen LogP contribution in [0.3, 0.4) is 0 Å². The first-order valence-electron chi connectivity index (χ1n) is 11.7. The van der Waals surface area contributed by atoms with Gasteiger partial charge in [-0.3, -0.25) is 0 Å². The van der Waals surface area contributed by atoms with Crippen LogP contribution >= 0.6 is 15.9 Å². The monoisotopic (exact) mass is 502 g/mol. The number of nitrogens with zero attached hydrogens (tertiary/aromatic N) is 4. The maximum atomic E-state index is 9.03. The van der Waals surface area contributed by atoms with Gasteiger partial charge >= 0.3 is 7.12 Å². The molecular weight excluding hydrogens is 467 g/mol. The lowest BCUT2D eigenvalue weighted by Gasteiger charge is -2.35. The number of hydrogen-bond acceptors (Lipinski definition) is 6. The Kier molecular flexibility index (Phi) is 9.87. The number of benzene rings is 2. The zero-order valence-corrected chi connectivity index (χ0v) is 20.9. The molecule has 174 valence electrons. The van der Waals surface area contributed by atoms with Crippen molar-refractivity contribution in [1.29, 1.82) is 0 Å². The highest BCUT2D eigenvalue weighted by atomic mass is 79.9. The van der Waals surface area contributed by atoms with Crippen LogP contribution in [0.1, 0.15) is 13.8 Å². The topological polar surface area (TPSA) is 53.4 Å². The summed E-state index contributed by atoms with van der Waals surface area (Å²) in [5.41, 5.74) is 3.04. The zero-order chi connectivity index (χ0) is 22.9. The van der Waals surface area contributed by atoms with Gasteiger partial charge < -0.3 is 29.6 Å². The third-order valence-corrected chi connectivity index (χ3v) is 6.92. The van der Waals surface area contributed by atoms with Crippen molar-refractivity contribution in [2.75, 3.05) is 75.2 Å². The second kappa shape index (κ2) is 12.6. The summed E-state index contributed by atoms with van der Waals surface area (Å²) in [5.74, 6) is 0. The standard InChI is InChI=1S/C12H19BN2O2.C12H17BrN2/c1-2-14-7-9-15(10-8-14)12-5-3-11(4-6-12)13(16)17;1-2-14-7-9-15(10-8-14)12-5-3-11(13)4-6-12/h3-6,16-17H,2,7-10H2,1H3;3-6H,2,7-10H2,1H3. The van der Waals surface area contributed by atoms with Crippen molar-refractivity contribution in [3.8, 4) is 0 Å². The highest BCUT2D eigenvalue weighted by Crippen LogP contribution is 2.19. The minimum atomic E-state index is -1.37. The molecule has 0 unspecified atom stereocenters. The molecule has 2 aromatic carbocycles. The Bertz CT molecular complexity index is 791. The summed E-state index contributed by atoms with van der Waals surface area (Å²) in [6.07, 6.45) is 0. The first-order chi connectivity index (χ1) is 15.5. The largest absolute Gasteiger partial charge is 0.488 e. The summed E-state index contributed by atoms with van der Waals surface area (Å²) in [7, 11) is -1.37. The summed E-state index contributed by atoms with van der Waals surface area (Å²) in [4.78, 5) is 9.72. The lowest BCUT2D eigenvalue weighted by atomic mass is 9.80. The number of rotatable bonds is 5. The summed E-state index contributed by atoms with van der Waals surface area (Å²) in [6, 6.07) is 16.0. The first-order valence-corrected chi connectivity index (χ1v) is 12.5. The molecule has 0 radical (unpaired) electrons. The molecule has 2 heterocycles. The van der Waals surface area contributed by atoms with Crippen LogP contribution in [-0.2, 0) is 0 Å². The molecule has 8 heteroatoms. The van der Waals surface area contributed by atoms with Crippen LogP contribution in [0, 0.1) is 0 Å². The normalized spacial score (nSPS) is 17.7. The van der Waals surface area contributed by atoms with Gasteiger partial charge in [-0.25, -0.2) is 0 Å². The molecule has 0 aliphatic carbocycles. The van der Waals surface area contributed by atoms with Crippen molar-refractivity contribution >= 4 is 39.9 Å². The van der Waals surface area contributed by atoms with Gasteiger partial charge in [0.1, 0.15) is 0 Å². The zero-order valence-electron chi connectivity index (χ0n) is 19.3. The van der Waals surface area contributed by atoms with E-state index in [0.717, 1.165) is 56.0 Å². The molecule has 0 saturated carbocycles. The smallest absolute Gasteiger partial charge is 0.423 e. The molecule has 4 rings (SSSR count). The van der Waals surface area contributed by atoms with Gasteiger partial charge in [0.25, 0.3) is 0 Å². The second-order valence-electron chi connectivity index (χ2n) is 8.28. The SMILES string of the molecule is CCN1CCN(c2ccc(B(O)O)cc2)CC1.CCN1CCN(c2ccc(Br)cc2)CC1. The van der Waals surface area contributed by atoms with Crippen molar-refractivity contribution in [1.82, 2.24) is 9.80 Å². The highest BCUT2D eigenvalue weighted by Gasteiger charge is 2.17. The Morgan fingerprint density at radius 2 is 1.03 bits per heavy atom. The van der Waals surface area contributed by atoms with Crippen LogP contribution < -0.4 is 15.3 Å². The fourth-order valence-electron chi connectivity index (χ4n) is 4.15. The Morgan fingerprint density at radius 3 is 1.38 bits per heavy atom. The van der Waals surface area contributed by atoms with E-state index in [0.29, 0.717) is 5.46 Å². The molecule has 2 aromatic rings. The van der Waals surface area contributed by atoms with E-state index in [1.807, 2.05) is 12.1 Å². The van der Waals surface area contributed by atoms with Gasteiger partial charge in [0.05, 0.1) is 0 Å². The minimum Gasteiger partial charge on any atom is -0.423 e. The molecule has 0 bridgehead atoms. The van der Waals surface area contributed by atoms with E-state index in [4.69, 9.17) is 10.0 Å². The number of likely N-dealkylation sites (N-methyl/N-ethyl adjacent to an activating group) is 2. The Hall–Kier alpha value is -1.58.